The van der Waals surface area contributed by atoms with E-state index in [0.29, 0.717) is 0 Å². The predicted molar refractivity (Wildman–Crippen MR) is 53.1 cm³/mol. The molecule has 0 aliphatic rings. The van der Waals surface area contributed by atoms with Crippen molar-refractivity contribution in [2.45, 2.75) is 0 Å². The molecule has 0 fully saturated rings. The zero-order valence-electron chi connectivity index (χ0n) is 5.87. The number of rotatable bonds is 2. The van der Waals surface area contributed by atoms with Gasteiger partial charge in [-0.25, -0.2) is 0 Å². The molecule has 0 aliphatic carbocycles. The number of aliphatic hydroxyl groups excluding tert-OH is 1. The standard InChI is InChI=1S/C8H8INO/c9-7-3-4-8(10-6-7)2-1-5-11/h1-4,6,11H,5H2/b2-1+. The molecule has 0 radical (unpaired) electrons. The van der Waals surface area contributed by atoms with Crippen LogP contribution in [0.2, 0.25) is 0 Å². The smallest absolute Gasteiger partial charge is 0.0628 e. The van der Waals surface area contributed by atoms with Crippen molar-refractivity contribution >= 4 is 28.7 Å². The molecular weight excluding hydrogens is 253 g/mol. The first kappa shape index (κ1) is 8.67. The molecule has 0 spiro atoms. The summed E-state index contributed by atoms with van der Waals surface area (Å²) < 4.78 is 1.11. The van der Waals surface area contributed by atoms with Gasteiger partial charge in [0.25, 0.3) is 0 Å². The van der Waals surface area contributed by atoms with E-state index in [1.54, 1.807) is 18.3 Å². The maximum atomic E-state index is 8.47. The van der Waals surface area contributed by atoms with E-state index in [4.69, 9.17) is 5.11 Å². The normalized spacial score (nSPS) is 10.7. The van der Waals surface area contributed by atoms with Gasteiger partial charge in [0.1, 0.15) is 0 Å². The Morgan fingerprint density at radius 2 is 2.36 bits per heavy atom. The van der Waals surface area contributed by atoms with Gasteiger partial charge in [0, 0.05) is 9.77 Å². The number of nitrogens with zero attached hydrogens (tertiary/aromatic N) is 1. The van der Waals surface area contributed by atoms with E-state index in [1.165, 1.54) is 0 Å². The van der Waals surface area contributed by atoms with Crippen LogP contribution in [0, 0.1) is 3.57 Å². The Morgan fingerprint density at radius 1 is 1.55 bits per heavy atom. The fourth-order valence-electron chi connectivity index (χ4n) is 0.659. The summed E-state index contributed by atoms with van der Waals surface area (Å²) in [5, 5.41) is 8.47. The quantitative estimate of drug-likeness (QED) is 0.822. The first-order valence-corrected chi connectivity index (χ1v) is 4.30. The van der Waals surface area contributed by atoms with E-state index in [1.807, 2.05) is 12.1 Å². The maximum Gasteiger partial charge on any atom is 0.0628 e. The minimum atomic E-state index is 0.0632. The molecule has 0 aromatic carbocycles. The SMILES string of the molecule is OC/C=C/c1ccc(I)cn1. The van der Waals surface area contributed by atoms with Gasteiger partial charge in [-0.05, 0) is 40.8 Å². The Balaban J connectivity index is 2.73. The third-order valence-corrected chi connectivity index (χ3v) is 1.78. The molecule has 1 N–H and O–H groups in total. The lowest BCUT2D eigenvalue weighted by molar-refractivity contribution is 0.343. The zero-order chi connectivity index (χ0) is 8.10. The molecule has 0 bridgehead atoms. The zero-order valence-corrected chi connectivity index (χ0v) is 8.02. The second-order valence-corrected chi connectivity index (χ2v) is 3.23. The molecule has 1 aromatic heterocycles. The first-order chi connectivity index (χ1) is 5.33. The summed E-state index contributed by atoms with van der Waals surface area (Å²) in [6, 6.07) is 3.89. The number of hydrogen-bond acceptors (Lipinski definition) is 2. The Bertz CT molecular complexity index is 243. The van der Waals surface area contributed by atoms with Crippen LogP contribution in [0.1, 0.15) is 5.69 Å². The molecule has 0 saturated heterocycles. The van der Waals surface area contributed by atoms with Crippen LogP contribution < -0.4 is 0 Å². The van der Waals surface area contributed by atoms with Crippen molar-refractivity contribution in [3.8, 4) is 0 Å². The van der Waals surface area contributed by atoms with E-state index in [9.17, 15) is 0 Å². The monoisotopic (exact) mass is 261 g/mol. The van der Waals surface area contributed by atoms with Crippen LogP contribution in [-0.2, 0) is 0 Å². The molecule has 58 valence electrons. The van der Waals surface area contributed by atoms with Gasteiger partial charge in [0.15, 0.2) is 0 Å². The van der Waals surface area contributed by atoms with Gasteiger partial charge in [0.05, 0.1) is 12.3 Å². The summed E-state index contributed by atoms with van der Waals surface area (Å²) in [6.07, 6.45) is 5.24. The molecule has 11 heavy (non-hydrogen) atoms. The van der Waals surface area contributed by atoms with Gasteiger partial charge in [-0.1, -0.05) is 6.08 Å². The van der Waals surface area contributed by atoms with Crippen LogP contribution in [-0.4, -0.2) is 16.7 Å². The molecule has 2 nitrogen and oxygen atoms in total. The number of aliphatic hydroxyl groups is 1. The van der Waals surface area contributed by atoms with Crippen molar-refractivity contribution in [2.24, 2.45) is 0 Å². The maximum absolute atomic E-state index is 8.47. The van der Waals surface area contributed by atoms with Crippen LogP contribution in [0.4, 0.5) is 0 Å². The molecule has 0 amide bonds. The molecule has 0 aliphatic heterocycles. The third kappa shape index (κ3) is 2.98. The molecule has 0 unspecified atom stereocenters. The van der Waals surface area contributed by atoms with E-state index >= 15 is 0 Å². The van der Waals surface area contributed by atoms with Gasteiger partial charge in [-0.15, -0.1) is 0 Å². The van der Waals surface area contributed by atoms with E-state index in [-0.39, 0.29) is 6.61 Å². The number of halogens is 1. The second-order valence-electron chi connectivity index (χ2n) is 1.99. The minimum absolute atomic E-state index is 0.0632. The van der Waals surface area contributed by atoms with Crippen LogP contribution in [0.25, 0.3) is 6.08 Å². The van der Waals surface area contributed by atoms with Gasteiger partial charge >= 0.3 is 0 Å². The molecule has 1 aromatic rings. The summed E-state index contributed by atoms with van der Waals surface area (Å²) in [5.74, 6) is 0. The Labute approximate surface area is 79.1 Å². The molecule has 1 rings (SSSR count). The summed E-state index contributed by atoms with van der Waals surface area (Å²) in [4.78, 5) is 4.11. The Morgan fingerprint density at radius 3 is 2.91 bits per heavy atom. The van der Waals surface area contributed by atoms with Crippen molar-refractivity contribution in [1.82, 2.24) is 4.98 Å². The summed E-state index contributed by atoms with van der Waals surface area (Å²) in [5.41, 5.74) is 0.875. The van der Waals surface area contributed by atoms with Crippen LogP contribution in [0.15, 0.2) is 24.4 Å². The lowest BCUT2D eigenvalue weighted by atomic mass is 10.3. The van der Waals surface area contributed by atoms with Crippen molar-refractivity contribution in [2.75, 3.05) is 6.61 Å². The van der Waals surface area contributed by atoms with Gasteiger partial charge in [0.2, 0.25) is 0 Å². The summed E-state index contributed by atoms with van der Waals surface area (Å²) in [6.45, 7) is 0.0632. The number of pyridine rings is 1. The molecule has 3 heteroatoms. The molecule has 0 saturated carbocycles. The minimum Gasteiger partial charge on any atom is -0.392 e. The lowest BCUT2D eigenvalue weighted by Crippen LogP contribution is -1.81. The highest BCUT2D eigenvalue weighted by atomic mass is 127. The summed E-state index contributed by atoms with van der Waals surface area (Å²) >= 11 is 2.20. The number of hydrogen-bond donors (Lipinski definition) is 1. The molecular formula is C8H8INO. The second kappa shape index (κ2) is 4.46. The fourth-order valence-corrected chi connectivity index (χ4v) is 0.978. The molecule has 1 heterocycles. The van der Waals surface area contributed by atoms with Gasteiger partial charge in [-0.2, -0.15) is 0 Å². The highest BCUT2D eigenvalue weighted by Gasteiger charge is 1.86. The predicted octanol–water partition coefficient (Wildman–Crippen LogP) is 1.69. The average Bonchev–Trinajstić information content (AvgIpc) is 2.04. The van der Waals surface area contributed by atoms with Crippen LogP contribution in [0.3, 0.4) is 0 Å². The Kier molecular flexibility index (Phi) is 3.51. The van der Waals surface area contributed by atoms with Crippen LogP contribution in [0.5, 0.6) is 0 Å². The molecule has 0 atom stereocenters. The first-order valence-electron chi connectivity index (χ1n) is 3.22. The van der Waals surface area contributed by atoms with E-state index < -0.39 is 0 Å². The largest absolute Gasteiger partial charge is 0.392 e. The van der Waals surface area contributed by atoms with Crippen molar-refractivity contribution in [3.05, 3.63) is 33.7 Å². The van der Waals surface area contributed by atoms with Crippen molar-refractivity contribution in [1.29, 1.82) is 0 Å². The van der Waals surface area contributed by atoms with E-state index in [0.717, 1.165) is 9.26 Å². The highest BCUT2D eigenvalue weighted by molar-refractivity contribution is 14.1. The average molecular weight is 261 g/mol. The highest BCUT2D eigenvalue weighted by Crippen LogP contribution is 2.03. The summed E-state index contributed by atoms with van der Waals surface area (Å²) in [7, 11) is 0. The van der Waals surface area contributed by atoms with Gasteiger partial charge in [-0.3, -0.25) is 4.98 Å². The van der Waals surface area contributed by atoms with Gasteiger partial charge < -0.3 is 5.11 Å². The van der Waals surface area contributed by atoms with Crippen LogP contribution >= 0.6 is 22.6 Å². The lowest BCUT2D eigenvalue weighted by Gasteiger charge is -1.91. The Hall–Kier alpha value is -0.420. The fraction of sp³-hybridized carbons (Fsp3) is 0.125. The number of aromatic nitrogens is 1. The van der Waals surface area contributed by atoms with E-state index in [2.05, 4.69) is 27.6 Å². The topological polar surface area (TPSA) is 33.1 Å². The van der Waals surface area contributed by atoms with Crippen molar-refractivity contribution in [3.63, 3.8) is 0 Å². The third-order valence-electron chi connectivity index (χ3n) is 1.14. The van der Waals surface area contributed by atoms with Crippen molar-refractivity contribution < 1.29 is 5.11 Å².